The zero-order valence-corrected chi connectivity index (χ0v) is 17.4. The number of nitriles is 1. The van der Waals surface area contributed by atoms with Gasteiger partial charge in [-0.2, -0.15) is 5.26 Å². The van der Waals surface area contributed by atoms with E-state index in [9.17, 15) is 10.4 Å². The molecule has 27 heavy (non-hydrogen) atoms. The van der Waals surface area contributed by atoms with Crippen LogP contribution in [0, 0.1) is 11.3 Å². The van der Waals surface area contributed by atoms with Gasteiger partial charge in [-0.3, -0.25) is 0 Å². The molecule has 0 aliphatic rings. The SMILES string of the molecule is CCCCNc1nnc(SC(C)/C(O)=C(\C#N)c2nc3ccccc3s2)s1. The first-order chi connectivity index (χ1) is 13.1. The lowest BCUT2D eigenvalue weighted by atomic mass is 10.2. The van der Waals surface area contributed by atoms with Crippen LogP contribution in [-0.2, 0) is 0 Å². The molecule has 140 valence electrons. The third-order valence-electron chi connectivity index (χ3n) is 3.75. The Morgan fingerprint density at radius 3 is 2.89 bits per heavy atom. The highest BCUT2D eigenvalue weighted by atomic mass is 32.2. The van der Waals surface area contributed by atoms with Gasteiger partial charge in [0.2, 0.25) is 5.13 Å². The summed E-state index contributed by atoms with van der Waals surface area (Å²) in [4.78, 5) is 4.47. The average Bonchev–Trinajstić information content (AvgIpc) is 3.29. The van der Waals surface area contributed by atoms with E-state index < -0.39 is 0 Å². The molecular formula is C18H19N5OS3. The number of para-hydroxylation sites is 1. The Hall–Kier alpha value is -2.15. The molecule has 2 heterocycles. The number of aliphatic hydroxyl groups is 1. The maximum absolute atomic E-state index is 10.6. The molecule has 0 amide bonds. The number of fused-ring (bicyclic) bond motifs is 1. The molecule has 3 aromatic rings. The number of thioether (sulfide) groups is 1. The number of allylic oxidation sites excluding steroid dienone is 1. The van der Waals surface area contributed by atoms with Gasteiger partial charge >= 0.3 is 0 Å². The van der Waals surface area contributed by atoms with Crippen LogP contribution in [0.4, 0.5) is 5.13 Å². The fourth-order valence-electron chi connectivity index (χ4n) is 2.31. The zero-order valence-electron chi connectivity index (χ0n) is 15.0. The predicted octanol–water partition coefficient (Wildman–Crippen LogP) is 5.33. The highest BCUT2D eigenvalue weighted by molar-refractivity contribution is 8.01. The maximum atomic E-state index is 10.6. The number of rotatable bonds is 8. The van der Waals surface area contributed by atoms with Crippen molar-refractivity contribution in [3.05, 3.63) is 35.0 Å². The molecular weight excluding hydrogens is 398 g/mol. The van der Waals surface area contributed by atoms with E-state index >= 15 is 0 Å². The number of aromatic nitrogens is 3. The topological polar surface area (TPSA) is 94.7 Å². The smallest absolute Gasteiger partial charge is 0.206 e. The second-order valence-corrected chi connectivity index (χ2v) is 9.37. The number of benzene rings is 1. The molecule has 0 bridgehead atoms. The fourth-order valence-corrected chi connectivity index (χ4v) is 5.26. The molecule has 1 aromatic carbocycles. The number of aliphatic hydroxyl groups excluding tert-OH is 1. The minimum atomic E-state index is -0.330. The summed E-state index contributed by atoms with van der Waals surface area (Å²) < 4.78 is 1.73. The van der Waals surface area contributed by atoms with Crippen molar-refractivity contribution < 1.29 is 5.11 Å². The van der Waals surface area contributed by atoms with E-state index in [2.05, 4.69) is 33.5 Å². The van der Waals surface area contributed by atoms with Gasteiger partial charge in [-0.05, 0) is 25.5 Å². The number of thiazole rings is 1. The summed E-state index contributed by atoms with van der Waals surface area (Å²) in [7, 11) is 0. The molecule has 1 atom stereocenters. The number of anilines is 1. The van der Waals surface area contributed by atoms with Gasteiger partial charge in [0.1, 0.15) is 22.4 Å². The monoisotopic (exact) mass is 417 g/mol. The van der Waals surface area contributed by atoms with E-state index in [1.807, 2.05) is 31.2 Å². The minimum Gasteiger partial charge on any atom is -0.510 e. The summed E-state index contributed by atoms with van der Waals surface area (Å²) in [6.07, 6.45) is 2.20. The van der Waals surface area contributed by atoms with E-state index in [4.69, 9.17) is 0 Å². The molecule has 3 rings (SSSR count). The van der Waals surface area contributed by atoms with E-state index in [-0.39, 0.29) is 16.6 Å². The lowest BCUT2D eigenvalue weighted by Crippen LogP contribution is -2.03. The largest absolute Gasteiger partial charge is 0.510 e. The summed E-state index contributed by atoms with van der Waals surface area (Å²) in [6.45, 7) is 4.85. The standard InChI is InChI=1S/C18H19N5OS3/c1-3-4-9-20-17-22-23-18(27-17)25-11(2)15(24)12(10-19)16-21-13-7-5-6-8-14(13)26-16/h5-8,11,24H,3-4,9H2,1-2H3,(H,20,22)/b15-12-. The van der Waals surface area contributed by atoms with E-state index in [0.29, 0.717) is 5.01 Å². The normalized spacial score (nSPS) is 13.2. The molecule has 0 spiro atoms. The zero-order chi connectivity index (χ0) is 19.2. The summed E-state index contributed by atoms with van der Waals surface area (Å²) in [6, 6.07) is 9.79. The van der Waals surface area contributed by atoms with Gasteiger partial charge in [0.15, 0.2) is 4.34 Å². The van der Waals surface area contributed by atoms with Crippen molar-refractivity contribution in [3.63, 3.8) is 0 Å². The van der Waals surface area contributed by atoms with Crippen LogP contribution in [0.1, 0.15) is 31.7 Å². The van der Waals surface area contributed by atoms with Crippen LogP contribution in [0.5, 0.6) is 0 Å². The maximum Gasteiger partial charge on any atom is 0.206 e. The Bertz CT molecular complexity index is 955. The molecule has 0 aliphatic carbocycles. The third kappa shape index (κ3) is 4.77. The van der Waals surface area contributed by atoms with Crippen LogP contribution >= 0.6 is 34.4 Å². The Morgan fingerprint density at radius 1 is 1.33 bits per heavy atom. The van der Waals surface area contributed by atoms with Crippen LogP contribution in [0.15, 0.2) is 34.4 Å². The Labute approximate surface area is 170 Å². The van der Waals surface area contributed by atoms with Gasteiger partial charge in [-0.15, -0.1) is 21.5 Å². The van der Waals surface area contributed by atoms with Crippen molar-refractivity contribution in [2.75, 3.05) is 11.9 Å². The number of unbranched alkanes of at least 4 members (excludes halogenated alkanes) is 1. The van der Waals surface area contributed by atoms with Crippen LogP contribution in [-0.4, -0.2) is 32.1 Å². The lowest BCUT2D eigenvalue weighted by molar-refractivity contribution is 0.402. The Balaban J connectivity index is 1.75. The third-order valence-corrected chi connectivity index (χ3v) is 6.88. The van der Waals surface area contributed by atoms with Crippen LogP contribution in [0.3, 0.4) is 0 Å². The summed E-state index contributed by atoms with van der Waals surface area (Å²) in [5, 5.41) is 32.7. The van der Waals surface area contributed by atoms with Crippen molar-refractivity contribution in [2.45, 2.75) is 36.3 Å². The second-order valence-electron chi connectivity index (χ2n) is 5.77. The van der Waals surface area contributed by atoms with Crippen molar-refractivity contribution >= 4 is 55.4 Å². The van der Waals surface area contributed by atoms with Crippen molar-refractivity contribution in [2.24, 2.45) is 0 Å². The van der Waals surface area contributed by atoms with Gasteiger partial charge in [0.05, 0.1) is 15.5 Å². The van der Waals surface area contributed by atoms with Gasteiger partial charge < -0.3 is 10.4 Å². The van der Waals surface area contributed by atoms with E-state index in [1.54, 1.807) is 0 Å². The highest BCUT2D eigenvalue weighted by Crippen LogP contribution is 2.35. The molecule has 6 nitrogen and oxygen atoms in total. The van der Waals surface area contributed by atoms with Crippen LogP contribution < -0.4 is 5.32 Å². The van der Waals surface area contributed by atoms with Crippen molar-refractivity contribution in [1.82, 2.24) is 15.2 Å². The number of hydrogen-bond donors (Lipinski definition) is 2. The van der Waals surface area contributed by atoms with Gasteiger partial charge in [0, 0.05) is 6.54 Å². The van der Waals surface area contributed by atoms with Gasteiger partial charge in [-0.1, -0.05) is 48.6 Å². The molecule has 0 aliphatic heterocycles. The van der Waals surface area contributed by atoms with E-state index in [1.165, 1.54) is 34.4 Å². The summed E-state index contributed by atoms with van der Waals surface area (Å²) in [5.41, 5.74) is 1.03. The average molecular weight is 418 g/mol. The van der Waals surface area contributed by atoms with Crippen LogP contribution in [0.2, 0.25) is 0 Å². The molecule has 2 N–H and O–H groups in total. The first kappa shape index (κ1) is 19.6. The van der Waals surface area contributed by atoms with Gasteiger partial charge in [0.25, 0.3) is 0 Å². The number of hydrogen-bond acceptors (Lipinski definition) is 9. The molecule has 0 radical (unpaired) electrons. The summed E-state index contributed by atoms with van der Waals surface area (Å²) in [5.74, 6) is 0.0113. The molecule has 1 unspecified atom stereocenters. The predicted molar refractivity (Wildman–Crippen MR) is 113 cm³/mol. The quantitative estimate of drug-likeness (QED) is 0.221. The molecule has 0 saturated carbocycles. The van der Waals surface area contributed by atoms with Gasteiger partial charge in [-0.25, -0.2) is 4.98 Å². The Morgan fingerprint density at radius 2 is 2.15 bits per heavy atom. The highest BCUT2D eigenvalue weighted by Gasteiger charge is 2.20. The molecule has 0 fully saturated rings. The first-order valence-electron chi connectivity index (χ1n) is 8.55. The van der Waals surface area contributed by atoms with E-state index in [0.717, 1.165) is 39.1 Å². The number of nitrogens with one attached hydrogen (secondary N) is 1. The summed E-state index contributed by atoms with van der Waals surface area (Å²) >= 11 is 4.23. The van der Waals surface area contributed by atoms with Crippen LogP contribution in [0.25, 0.3) is 15.8 Å². The fraction of sp³-hybridized carbons (Fsp3) is 0.333. The van der Waals surface area contributed by atoms with Crippen molar-refractivity contribution in [3.8, 4) is 6.07 Å². The molecule has 2 aromatic heterocycles. The van der Waals surface area contributed by atoms with Crippen molar-refractivity contribution in [1.29, 1.82) is 5.26 Å². The molecule has 9 heteroatoms. The second kappa shape index (κ2) is 9.17. The Kier molecular flexibility index (Phi) is 6.66. The number of nitrogens with zero attached hydrogens (tertiary/aromatic N) is 4. The molecule has 0 saturated heterocycles. The first-order valence-corrected chi connectivity index (χ1v) is 11.1. The minimum absolute atomic E-state index is 0.0113. The lowest BCUT2D eigenvalue weighted by Gasteiger charge is -2.09.